The Labute approximate surface area is 416 Å². The highest BCUT2D eigenvalue weighted by atomic mass is 16.7. The number of nitrogens with one attached hydrogen (secondary N) is 1. The Morgan fingerprint density at radius 1 is 0.507 bits per heavy atom. The fourth-order valence-corrected chi connectivity index (χ4v) is 8.74. The normalized spacial score (nSPS) is 26.5. The number of rotatable bonds is 42. The van der Waals surface area contributed by atoms with E-state index >= 15 is 0 Å². The van der Waals surface area contributed by atoms with E-state index in [0.717, 1.165) is 70.6 Å². The second kappa shape index (κ2) is 41.4. The molecule has 69 heavy (non-hydrogen) atoms. The van der Waals surface area contributed by atoms with Crippen LogP contribution in [0.4, 0.5) is 0 Å². The Bertz CT molecular complexity index is 1340. The minimum atomic E-state index is -1.79. The molecule has 9 N–H and O–H groups in total. The van der Waals surface area contributed by atoms with Crippen LogP contribution < -0.4 is 5.32 Å². The first-order valence-electron chi connectivity index (χ1n) is 27.4. The largest absolute Gasteiger partial charge is 0.394 e. The van der Waals surface area contributed by atoms with Gasteiger partial charge in [0.25, 0.3) is 0 Å². The van der Waals surface area contributed by atoms with Gasteiger partial charge in [-0.25, -0.2) is 0 Å². The zero-order valence-electron chi connectivity index (χ0n) is 42.8. The number of hydrogen-bond donors (Lipinski definition) is 9. The maximum absolute atomic E-state index is 13.1. The van der Waals surface area contributed by atoms with Crippen LogP contribution in [0.1, 0.15) is 200 Å². The van der Waals surface area contributed by atoms with E-state index in [0.29, 0.717) is 12.8 Å². The topological polar surface area (TPSA) is 228 Å². The molecule has 2 heterocycles. The van der Waals surface area contributed by atoms with Crippen molar-refractivity contribution in [2.24, 2.45) is 0 Å². The third-order valence-electron chi connectivity index (χ3n) is 13.2. The van der Waals surface area contributed by atoms with Crippen LogP contribution in [-0.4, -0.2) is 140 Å². The summed E-state index contributed by atoms with van der Waals surface area (Å²) in [6.07, 6.45) is 33.2. The molecule has 0 aliphatic carbocycles. The summed E-state index contributed by atoms with van der Waals surface area (Å²) in [6.45, 7) is 2.69. The van der Waals surface area contributed by atoms with Gasteiger partial charge in [-0.2, -0.15) is 0 Å². The highest BCUT2D eigenvalue weighted by Gasteiger charge is 2.51. The van der Waals surface area contributed by atoms with Crippen LogP contribution in [0.5, 0.6) is 0 Å². The summed E-state index contributed by atoms with van der Waals surface area (Å²) in [4.78, 5) is 13.1. The molecule has 0 aromatic carbocycles. The van der Waals surface area contributed by atoms with Gasteiger partial charge in [0.2, 0.25) is 5.91 Å². The maximum Gasteiger partial charge on any atom is 0.220 e. The molecular formula is C55H99NO13. The Balaban J connectivity index is 1.78. The molecule has 2 saturated heterocycles. The van der Waals surface area contributed by atoms with E-state index in [1.54, 1.807) is 6.08 Å². The molecule has 0 radical (unpaired) electrons. The van der Waals surface area contributed by atoms with Crippen molar-refractivity contribution in [3.05, 3.63) is 48.6 Å². The lowest BCUT2D eigenvalue weighted by atomic mass is 9.97. The van der Waals surface area contributed by atoms with E-state index < -0.39 is 86.8 Å². The Morgan fingerprint density at radius 2 is 0.957 bits per heavy atom. The smallest absolute Gasteiger partial charge is 0.220 e. The summed E-state index contributed by atoms with van der Waals surface area (Å²) in [5.41, 5.74) is 0. The number of carbonyl (C=O) groups is 1. The van der Waals surface area contributed by atoms with Crippen LogP contribution in [0.15, 0.2) is 48.6 Å². The quantitative estimate of drug-likeness (QED) is 0.0209. The first kappa shape index (κ1) is 63.1. The standard InChI is InChI=1S/C55H99NO13/c1-3-5-7-9-11-13-15-16-17-18-19-20-21-22-23-24-25-26-27-28-29-30-32-34-36-38-44(59)43(56-47(60)39-37-35-33-31-14-12-10-8-6-4-2)42-66-54-52(65)50(63)53(46(41-58)68-54)69-55-51(64)49(62)48(61)45(40-57)67-55/h8,10,25-26,29-30,36,38,43-46,48-55,57-59,61-65H,3-7,9,11-24,27-28,31-35,37,39-42H2,1-2H3,(H,56,60)/b10-8-,26-25+,30-29+,38-36+. The molecule has 0 aromatic rings. The zero-order chi connectivity index (χ0) is 50.3. The molecule has 2 aliphatic heterocycles. The molecule has 0 spiro atoms. The number of aliphatic hydroxyl groups is 8. The maximum atomic E-state index is 13.1. The van der Waals surface area contributed by atoms with Crippen molar-refractivity contribution < 1.29 is 64.6 Å². The number of hydrogen-bond acceptors (Lipinski definition) is 13. The van der Waals surface area contributed by atoms with Gasteiger partial charge < -0.3 is 65.1 Å². The second-order valence-corrected chi connectivity index (χ2v) is 19.3. The number of amides is 1. The molecule has 12 atom stereocenters. The average molecular weight is 982 g/mol. The monoisotopic (exact) mass is 982 g/mol. The third-order valence-corrected chi connectivity index (χ3v) is 13.2. The highest BCUT2D eigenvalue weighted by molar-refractivity contribution is 5.76. The van der Waals surface area contributed by atoms with Crippen LogP contribution in [0.25, 0.3) is 0 Å². The van der Waals surface area contributed by atoms with Gasteiger partial charge in [-0.15, -0.1) is 0 Å². The molecule has 0 aromatic heterocycles. The first-order chi connectivity index (χ1) is 33.6. The van der Waals surface area contributed by atoms with Gasteiger partial charge in [0, 0.05) is 6.42 Å². The molecule has 14 heteroatoms. The molecule has 2 rings (SSSR count). The second-order valence-electron chi connectivity index (χ2n) is 19.3. The minimum absolute atomic E-state index is 0.258. The van der Waals surface area contributed by atoms with E-state index in [9.17, 15) is 45.6 Å². The lowest BCUT2D eigenvalue weighted by molar-refractivity contribution is -0.359. The van der Waals surface area contributed by atoms with Crippen molar-refractivity contribution in [2.75, 3.05) is 19.8 Å². The molecule has 2 aliphatic rings. The average Bonchev–Trinajstić information content (AvgIpc) is 3.35. The lowest BCUT2D eigenvalue weighted by Gasteiger charge is -2.46. The van der Waals surface area contributed by atoms with Crippen molar-refractivity contribution >= 4 is 5.91 Å². The van der Waals surface area contributed by atoms with Gasteiger partial charge in [0.15, 0.2) is 12.6 Å². The fourth-order valence-electron chi connectivity index (χ4n) is 8.74. The van der Waals surface area contributed by atoms with Crippen LogP contribution in [0.3, 0.4) is 0 Å². The summed E-state index contributed by atoms with van der Waals surface area (Å²) in [5, 5.41) is 86.7. The molecule has 1 amide bonds. The Morgan fingerprint density at radius 3 is 1.48 bits per heavy atom. The minimum Gasteiger partial charge on any atom is -0.394 e. The predicted molar refractivity (Wildman–Crippen MR) is 272 cm³/mol. The van der Waals surface area contributed by atoms with E-state index in [-0.39, 0.29) is 18.9 Å². The van der Waals surface area contributed by atoms with Crippen LogP contribution in [0.2, 0.25) is 0 Å². The summed E-state index contributed by atoms with van der Waals surface area (Å²) in [7, 11) is 0. The molecular weight excluding hydrogens is 883 g/mol. The number of aliphatic hydroxyl groups excluding tert-OH is 8. The molecule has 2 fully saturated rings. The summed E-state index contributed by atoms with van der Waals surface area (Å²) < 4.78 is 22.7. The number of ether oxygens (including phenoxy) is 4. The van der Waals surface area contributed by atoms with Gasteiger partial charge >= 0.3 is 0 Å². The highest BCUT2D eigenvalue weighted by Crippen LogP contribution is 2.30. The zero-order valence-corrected chi connectivity index (χ0v) is 42.8. The number of allylic oxidation sites excluding steroid dienone is 7. The van der Waals surface area contributed by atoms with Crippen molar-refractivity contribution in [2.45, 2.75) is 274 Å². The van der Waals surface area contributed by atoms with Crippen molar-refractivity contribution in [3.8, 4) is 0 Å². The predicted octanol–water partition coefficient (Wildman–Crippen LogP) is 8.05. The van der Waals surface area contributed by atoms with Crippen LogP contribution in [0, 0.1) is 0 Å². The summed E-state index contributed by atoms with van der Waals surface area (Å²) in [5.74, 6) is -0.267. The van der Waals surface area contributed by atoms with Crippen LogP contribution >= 0.6 is 0 Å². The van der Waals surface area contributed by atoms with Gasteiger partial charge in [-0.3, -0.25) is 4.79 Å². The number of unbranched alkanes of at least 4 members (excludes halogenated alkanes) is 23. The first-order valence-corrected chi connectivity index (χ1v) is 27.4. The Hall–Kier alpha value is -2.05. The number of carbonyl (C=O) groups excluding carboxylic acids is 1. The third kappa shape index (κ3) is 28.1. The van der Waals surface area contributed by atoms with E-state index in [1.807, 2.05) is 6.08 Å². The van der Waals surface area contributed by atoms with Gasteiger partial charge in [0.05, 0.1) is 32.0 Å². The molecule has 0 bridgehead atoms. The van der Waals surface area contributed by atoms with Gasteiger partial charge in [-0.1, -0.05) is 178 Å². The van der Waals surface area contributed by atoms with E-state index in [2.05, 4.69) is 55.6 Å². The molecule has 12 unspecified atom stereocenters. The molecule has 14 nitrogen and oxygen atoms in total. The van der Waals surface area contributed by atoms with Crippen molar-refractivity contribution in [1.29, 1.82) is 0 Å². The SMILES string of the molecule is CCC/C=C\CCCCCCCC(=O)NC(COC1OC(CO)C(OC2OC(CO)C(O)C(O)C2O)C(O)C1O)C(O)/C=C/CC/C=C/CC/C=C/CCCCCCCCCCCCCCCCC. The van der Waals surface area contributed by atoms with Crippen molar-refractivity contribution in [1.82, 2.24) is 5.32 Å². The Kier molecular flexibility index (Phi) is 37.9. The van der Waals surface area contributed by atoms with Crippen molar-refractivity contribution in [3.63, 3.8) is 0 Å². The lowest BCUT2D eigenvalue weighted by Crippen LogP contribution is -2.65. The molecule has 0 saturated carbocycles. The summed E-state index contributed by atoms with van der Waals surface area (Å²) in [6, 6.07) is -0.941. The molecule has 402 valence electrons. The van der Waals surface area contributed by atoms with Crippen LogP contribution in [-0.2, 0) is 23.7 Å². The summed E-state index contributed by atoms with van der Waals surface area (Å²) >= 11 is 0. The van der Waals surface area contributed by atoms with E-state index in [4.69, 9.17) is 18.9 Å². The van der Waals surface area contributed by atoms with Gasteiger partial charge in [0.1, 0.15) is 48.8 Å². The van der Waals surface area contributed by atoms with Gasteiger partial charge in [-0.05, 0) is 64.2 Å². The van der Waals surface area contributed by atoms with E-state index in [1.165, 1.54) is 96.3 Å². The fraction of sp³-hybridized carbons (Fsp3) is 0.836.